The molecule has 1 aliphatic carbocycles. The van der Waals surface area contributed by atoms with Gasteiger partial charge in [-0.1, -0.05) is 60.7 Å². The van der Waals surface area contributed by atoms with Crippen molar-refractivity contribution in [1.29, 1.82) is 0 Å². The third-order valence-electron chi connectivity index (χ3n) is 3.98. The molecule has 1 aromatic heterocycles. The lowest BCUT2D eigenvalue weighted by Crippen LogP contribution is -2.35. The van der Waals surface area contributed by atoms with E-state index < -0.39 is 6.04 Å². The molecule has 0 radical (unpaired) electrons. The highest BCUT2D eigenvalue weighted by Crippen LogP contribution is 2.23. The highest BCUT2D eigenvalue weighted by molar-refractivity contribution is 5.83. The van der Waals surface area contributed by atoms with Gasteiger partial charge in [-0.3, -0.25) is 4.79 Å². The fourth-order valence-corrected chi connectivity index (χ4v) is 2.57. The number of hydrogen-bond donors (Lipinski definition) is 1. The number of tetrazole rings is 1. The lowest BCUT2D eigenvalue weighted by Gasteiger charge is -2.15. The molecule has 3 aromatic rings. The molecule has 0 saturated heterocycles. The molecule has 6 nitrogen and oxygen atoms in total. The molecule has 1 heterocycles. The van der Waals surface area contributed by atoms with Crippen LogP contribution >= 0.6 is 0 Å². The van der Waals surface area contributed by atoms with Gasteiger partial charge in [-0.2, -0.15) is 0 Å². The summed E-state index contributed by atoms with van der Waals surface area (Å²) < 4.78 is 0. The van der Waals surface area contributed by atoms with Crippen molar-refractivity contribution < 1.29 is 4.79 Å². The van der Waals surface area contributed by atoms with E-state index in [9.17, 15) is 4.79 Å². The number of aromatic nitrogens is 4. The molecule has 0 spiro atoms. The van der Waals surface area contributed by atoms with Crippen molar-refractivity contribution in [1.82, 2.24) is 25.5 Å². The third-order valence-corrected chi connectivity index (χ3v) is 3.98. The van der Waals surface area contributed by atoms with Gasteiger partial charge in [0.25, 0.3) is 5.91 Å². The van der Waals surface area contributed by atoms with Crippen LogP contribution in [0.15, 0.2) is 60.7 Å². The van der Waals surface area contributed by atoms with Crippen molar-refractivity contribution in [3.05, 3.63) is 66.2 Å². The Labute approximate surface area is 139 Å². The average molecular weight is 319 g/mol. The minimum Gasteiger partial charge on any atom is -0.351 e. The van der Waals surface area contributed by atoms with Crippen molar-refractivity contribution in [3.8, 4) is 11.4 Å². The van der Waals surface area contributed by atoms with Crippen LogP contribution in [0.3, 0.4) is 0 Å². The van der Waals surface area contributed by atoms with Crippen molar-refractivity contribution >= 4 is 5.91 Å². The Bertz CT molecular complexity index is 827. The Morgan fingerprint density at radius 3 is 2.38 bits per heavy atom. The number of carbonyl (C=O) groups excluding carboxylic acids is 1. The van der Waals surface area contributed by atoms with Gasteiger partial charge in [0.05, 0.1) is 0 Å². The average Bonchev–Trinajstić information content (AvgIpc) is 3.31. The number of nitrogens with one attached hydrogen (secondary N) is 1. The summed E-state index contributed by atoms with van der Waals surface area (Å²) in [6.07, 6.45) is 2.07. The first-order valence-corrected chi connectivity index (χ1v) is 8.01. The van der Waals surface area contributed by atoms with E-state index in [2.05, 4.69) is 20.7 Å². The molecule has 0 aliphatic heterocycles. The molecule has 4 rings (SSSR count). The van der Waals surface area contributed by atoms with E-state index in [1.807, 2.05) is 60.7 Å². The van der Waals surface area contributed by atoms with Gasteiger partial charge in [0.2, 0.25) is 5.82 Å². The van der Waals surface area contributed by atoms with E-state index in [4.69, 9.17) is 0 Å². The third kappa shape index (κ3) is 3.03. The molecule has 2 aromatic carbocycles. The van der Waals surface area contributed by atoms with Gasteiger partial charge in [-0.25, -0.2) is 0 Å². The number of nitrogens with zero attached hydrogens (tertiary/aromatic N) is 4. The smallest absolute Gasteiger partial charge is 0.251 e. The molecule has 1 aliphatic rings. The first-order chi connectivity index (χ1) is 11.8. The predicted molar refractivity (Wildman–Crippen MR) is 89.0 cm³/mol. The van der Waals surface area contributed by atoms with Gasteiger partial charge < -0.3 is 5.32 Å². The molecule has 120 valence electrons. The monoisotopic (exact) mass is 319 g/mol. The van der Waals surface area contributed by atoms with E-state index >= 15 is 0 Å². The number of rotatable bonds is 5. The van der Waals surface area contributed by atoms with Crippen LogP contribution in [0, 0.1) is 0 Å². The van der Waals surface area contributed by atoms with Crippen LogP contribution in [-0.2, 0) is 4.79 Å². The summed E-state index contributed by atoms with van der Waals surface area (Å²) in [5.74, 6) is 0.413. The van der Waals surface area contributed by atoms with E-state index in [0.717, 1.165) is 24.0 Å². The topological polar surface area (TPSA) is 72.7 Å². The number of benzene rings is 2. The minimum atomic E-state index is -0.614. The Kier molecular flexibility index (Phi) is 3.78. The summed E-state index contributed by atoms with van der Waals surface area (Å²) in [5.41, 5.74) is 1.71. The van der Waals surface area contributed by atoms with Crippen LogP contribution < -0.4 is 5.32 Å². The molecule has 0 unspecified atom stereocenters. The zero-order valence-electron chi connectivity index (χ0n) is 13.0. The molecule has 1 amide bonds. The van der Waals surface area contributed by atoms with Gasteiger partial charge in [-0.05, 0) is 23.6 Å². The highest BCUT2D eigenvalue weighted by atomic mass is 16.2. The summed E-state index contributed by atoms with van der Waals surface area (Å²) in [6, 6.07) is 18.8. The Morgan fingerprint density at radius 1 is 1.04 bits per heavy atom. The van der Waals surface area contributed by atoms with Gasteiger partial charge in [-0.15, -0.1) is 15.0 Å². The Morgan fingerprint density at radius 2 is 1.71 bits per heavy atom. The van der Waals surface area contributed by atoms with Gasteiger partial charge in [0.15, 0.2) is 6.04 Å². The Hall–Kier alpha value is -3.02. The predicted octanol–water partition coefficient (Wildman–Crippen LogP) is 2.21. The summed E-state index contributed by atoms with van der Waals surface area (Å²) in [5, 5.41) is 15.7. The zero-order valence-corrected chi connectivity index (χ0v) is 13.0. The first kappa shape index (κ1) is 14.6. The van der Waals surface area contributed by atoms with E-state index in [1.54, 1.807) is 0 Å². The molecule has 6 heteroatoms. The summed E-state index contributed by atoms with van der Waals surface area (Å²) in [4.78, 5) is 14.1. The van der Waals surface area contributed by atoms with Crippen molar-refractivity contribution in [2.24, 2.45) is 0 Å². The fraction of sp³-hybridized carbons (Fsp3) is 0.222. The maximum atomic E-state index is 12.7. The minimum absolute atomic E-state index is 0.0966. The second-order valence-electron chi connectivity index (χ2n) is 5.90. The summed E-state index contributed by atoms with van der Waals surface area (Å²) >= 11 is 0. The second kappa shape index (κ2) is 6.23. The quantitative estimate of drug-likeness (QED) is 0.782. The van der Waals surface area contributed by atoms with Crippen LogP contribution in [0.5, 0.6) is 0 Å². The first-order valence-electron chi connectivity index (χ1n) is 8.01. The maximum absolute atomic E-state index is 12.7. The van der Waals surface area contributed by atoms with Gasteiger partial charge in [0, 0.05) is 11.6 Å². The highest BCUT2D eigenvalue weighted by Gasteiger charge is 2.31. The lowest BCUT2D eigenvalue weighted by atomic mass is 10.1. The lowest BCUT2D eigenvalue weighted by molar-refractivity contribution is -0.123. The van der Waals surface area contributed by atoms with Crippen molar-refractivity contribution in [2.45, 2.75) is 24.9 Å². The zero-order chi connectivity index (χ0) is 16.4. The molecule has 1 fully saturated rings. The summed E-state index contributed by atoms with van der Waals surface area (Å²) in [7, 11) is 0. The van der Waals surface area contributed by atoms with Crippen LogP contribution in [0.4, 0.5) is 0 Å². The van der Waals surface area contributed by atoms with E-state index in [0.29, 0.717) is 5.82 Å². The summed E-state index contributed by atoms with van der Waals surface area (Å²) in [6.45, 7) is 0. The second-order valence-corrected chi connectivity index (χ2v) is 5.90. The maximum Gasteiger partial charge on any atom is 0.251 e. The van der Waals surface area contributed by atoms with Crippen molar-refractivity contribution in [3.63, 3.8) is 0 Å². The van der Waals surface area contributed by atoms with Crippen LogP contribution in [-0.4, -0.2) is 32.2 Å². The van der Waals surface area contributed by atoms with Crippen molar-refractivity contribution in [2.75, 3.05) is 0 Å². The standard InChI is InChI=1S/C18H17N5O/c24-18(19-15-11-12-15)16(13-7-3-1-4-8-13)23-21-17(20-22-23)14-9-5-2-6-10-14/h1-10,15-16H,11-12H2,(H,19,24)/t16-/m1/s1. The largest absolute Gasteiger partial charge is 0.351 e. The van der Waals surface area contributed by atoms with E-state index in [1.165, 1.54) is 4.80 Å². The molecule has 1 saturated carbocycles. The van der Waals surface area contributed by atoms with Crippen LogP contribution in [0.1, 0.15) is 24.4 Å². The molecule has 1 atom stereocenters. The fourth-order valence-electron chi connectivity index (χ4n) is 2.57. The number of hydrogen-bond acceptors (Lipinski definition) is 4. The van der Waals surface area contributed by atoms with Gasteiger partial charge in [0.1, 0.15) is 0 Å². The normalized spacial score (nSPS) is 15.0. The molecule has 24 heavy (non-hydrogen) atoms. The Balaban J connectivity index is 1.68. The number of carbonyl (C=O) groups is 1. The van der Waals surface area contributed by atoms with Crippen LogP contribution in [0.2, 0.25) is 0 Å². The molecular weight excluding hydrogens is 302 g/mol. The molecule has 0 bridgehead atoms. The van der Waals surface area contributed by atoms with Gasteiger partial charge >= 0.3 is 0 Å². The molecule has 1 N–H and O–H groups in total. The van der Waals surface area contributed by atoms with Crippen LogP contribution in [0.25, 0.3) is 11.4 Å². The van der Waals surface area contributed by atoms with E-state index in [-0.39, 0.29) is 11.9 Å². The SMILES string of the molecule is O=C(NC1CC1)[C@@H](c1ccccc1)n1nnc(-c2ccccc2)n1. The number of amides is 1. The molecular formula is C18H17N5O.